The summed E-state index contributed by atoms with van der Waals surface area (Å²) in [5.74, 6) is 0.531. The van der Waals surface area contributed by atoms with Gasteiger partial charge in [-0.05, 0) is 70.6 Å². The third-order valence-electron chi connectivity index (χ3n) is 6.31. The van der Waals surface area contributed by atoms with Crippen LogP contribution in [-0.2, 0) is 11.3 Å². The zero-order valence-corrected chi connectivity index (χ0v) is 16.1. The lowest BCUT2D eigenvalue weighted by Crippen LogP contribution is -2.50. The van der Waals surface area contributed by atoms with Gasteiger partial charge in [0.15, 0.2) is 0 Å². The maximum absolute atomic E-state index is 12.4. The molecule has 1 aliphatic carbocycles. The fourth-order valence-corrected chi connectivity index (χ4v) is 4.61. The predicted molar refractivity (Wildman–Crippen MR) is 105 cm³/mol. The van der Waals surface area contributed by atoms with E-state index in [4.69, 9.17) is 0 Å². The number of nitrogens with one attached hydrogen (secondary N) is 1. The number of amides is 1. The highest BCUT2D eigenvalue weighted by atomic mass is 16.2. The van der Waals surface area contributed by atoms with Crippen molar-refractivity contribution in [3.63, 3.8) is 0 Å². The van der Waals surface area contributed by atoms with Gasteiger partial charge in [-0.3, -0.25) is 14.6 Å². The normalized spacial score (nSPS) is 26.0. The molecule has 2 saturated heterocycles. The number of benzene rings is 1. The highest BCUT2D eigenvalue weighted by Gasteiger charge is 2.33. The summed E-state index contributed by atoms with van der Waals surface area (Å²) in [5.41, 5.74) is 2.78. The van der Waals surface area contributed by atoms with Gasteiger partial charge in [-0.2, -0.15) is 0 Å². The lowest BCUT2D eigenvalue weighted by Gasteiger charge is -2.42. The van der Waals surface area contributed by atoms with Crippen LogP contribution in [0.3, 0.4) is 0 Å². The Labute approximate surface area is 157 Å². The number of carbonyl (C=O) groups excluding carboxylic acids is 1. The van der Waals surface area contributed by atoms with Crippen molar-refractivity contribution in [1.82, 2.24) is 15.1 Å². The molecule has 1 N–H and O–H groups in total. The van der Waals surface area contributed by atoms with Gasteiger partial charge in [-0.1, -0.05) is 29.8 Å². The van der Waals surface area contributed by atoms with Gasteiger partial charge in [0, 0.05) is 25.2 Å². The number of likely N-dealkylation sites (tertiary alicyclic amines) is 2. The summed E-state index contributed by atoms with van der Waals surface area (Å²) in [4.78, 5) is 17.6. The van der Waals surface area contributed by atoms with E-state index in [1.165, 1.54) is 62.9 Å². The maximum atomic E-state index is 12.4. The fraction of sp³-hybridized carbons (Fsp3) is 0.682. The minimum absolute atomic E-state index is 0.217. The van der Waals surface area contributed by atoms with Crippen molar-refractivity contribution < 1.29 is 4.79 Å². The Balaban J connectivity index is 1.25. The number of nitrogens with zero attached hydrogens (tertiary/aromatic N) is 2. The van der Waals surface area contributed by atoms with Crippen LogP contribution < -0.4 is 5.32 Å². The largest absolute Gasteiger partial charge is 0.353 e. The molecule has 1 atom stereocenters. The van der Waals surface area contributed by atoms with Crippen molar-refractivity contribution in [2.75, 3.05) is 26.2 Å². The molecule has 3 fully saturated rings. The van der Waals surface area contributed by atoms with E-state index >= 15 is 0 Å². The monoisotopic (exact) mass is 355 g/mol. The molecule has 0 aromatic heterocycles. The van der Waals surface area contributed by atoms with Crippen LogP contribution in [0.25, 0.3) is 0 Å². The zero-order chi connectivity index (χ0) is 17.9. The van der Waals surface area contributed by atoms with Crippen molar-refractivity contribution >= 4 is 5.91 Å². The first kappa shape index (κ1) is 18.0. The van der Waals surface area contributed by atoms with Gasteiger partial charge in [-0.25, -0.2) is 0 Å². The third kappa shape index (κ3) is 4.66. The van der Waals surface area contributed by atoms with E-state index < -0.39 is 0 Å². The van der Waals surface area contributed by atoms with E-state index in [0.717, 1.165) is 19.5 Å². The zero-order valence-electron chi connectivity index (χ0n) is 16.1. The molecule has 1 saturated carbocycles. The highest BCUT2D eigenvalue weighted by molar-refractivity contribution is 5.79. The molecule has 1 aromatic rings. The van der Waals surface area contributed by atoms with Crippen LogP contribution in [0.1, 0.15) is 49.7 Å². The van der Waals surface area contributed by atoms with Crippen LogP contribution in [0.2, 0.25) is 0 Å². The molecule has 1 aromatic carbocycles. The number of hydrogen-bond acceptors (Lipinski definition) is 3. The second kappa shape index (κ2) is 8.10. The number of rotatable bonds is 5. The average molecular weight is 356 g/mol. The predicted octanol–water partition coefficient (Wildman–Crippen LogP) is 2.95. The number of piperidine rings is 2. The molecule has 4 rings (SSSR count). The number of hydrogen-bond donors (Lipinski definition) is 1. The standard InChI is InChI=1S/C22H33N3O/c1-17-4-2-5-18(14-17)15-24-12-9-21(10-13-24)25-11-3-6-19(16-25)22(26)23-20-7-8-20/h2,4-5,14,19-21H,3,6-13,15-16H2,1H3,(H,23,26)/t19-/m1/s1. The van der Waals surface area contributed by atoms with Crippen LogP contribution >= 0.6 is 0 Å². The van der Waals surface area contributed by atoms with Crippen LogP contribution in [0, 0.1) is 12.8 Å². The SMILES string of the molecule is Cc1cccc(CN2CCC(N3CCC[C@@H](C(=O)NC4CC4)C3)CC2)c1. The Kier molecular flexibility index (Phi) is 5.60. The highest BCUT2D eigenvalue weighted by Crippen LogP contribution is 2.26. The Morgan fingerprint density at radius 1 is 1.12 bits per heavy atom. The second-order valence-electron chi connectivity index (χ2n) is 8.61. The molecule has 0 bridgehead atoms. The Morgan fingerprint density at radius 3 is 2.65 bits per heavy atom. The molecule has 2 aliphatic heterocycles. The first-order valence-corrected chi connectivity index (χ1v) is 10.5. The van der Waals surface area contributed by atoms with Crippen molar-refractivity contribution in [3.8, 4) is 0 Å². The Bertz CT molecular complexity index is 620. The first-order valence-electron chi connectivity index (χ1n) is 10.5. The Hall–Kier alpha value is -1.39. The van der Waals surface area contributed by atoms with Gasteiger partial charge < -0.3 is 5.32 Å². The summed E-state index contributed by atoms with van der Waals surface area (Å²) < 4.78 is 0. The maximum Gasteiger partial charge on any atom is 0.224 e. The summed E-state index contributed by atoms with van der Waals surface area (Å²) in [6.07, 6.45) is 7.09. The Morgan fingerprint density at radius 2 is 1.92 bits per heavy atom. The molecule has 0 radical (unpaired) electrons. The van der Waals surface area contributed by atoms with E-state index in [1.807, 2.05) is 0 Å². The molecule has 2 heterocycles. The molecule has 0 spiro atoms. The number of aryl methyl sites for hydroxylation is 1. The topological polar surface area (TPSA) is 35.6 Å². The molecular weight excluding hydrogens is 322 g/mol. The van der Waals surface area contributed by atoms with E-state index in [-0.39, 0.29) is 5.92 Å². The summed E-state index contributed by atoms with van der Waals surface area (Å²) in [7, 11) is 0. The molecule has 3 aliphatic rings. The quantitative estimate of drug-likeness (QED) is 0.882. The fourth-order valence-electron chi connectivity index (χ4n) is 4.61. The van der Waals surface area contributed by atoms with Gasteiger partial charge in [0.05, 0.1) is 5.92 Å². The van der Waals surface area contributed by atoms with E-state index in [9.17, 15) is 4.79 Å². The summed E-state index contributed by atoms with van der Waals surface area (Å²) in [6, 6.07) is 10.0. The molecule has 1 amide bonds. The summed E-state index contributed by atoms with van der Waals surface area (Å²) >= 11 is 0. The van der Waals surface area contributed by atoms with Gasteiger partial charge in [0.2, 0.25) is 5.91 Å². The van der Waals surface area contributed by atoms with Crippen molar-refractivity contribution in [2.24, 2.45) is 5.92 Å². The first-order chi connectivity index (χ1) is 12.7. The number of carbonyl (C=O) groups is 1. The van der Waals surface area contributed by atoms with Crippen molar-refractivity contribution in [3.05, 3.63) is 35.4 Å². The van der Waals surface area contributed by atoms with Crippen LogP contribution in [0.5, 0.6) is 0 Å². The lowest BCUT2D eigenvalue weighted by molar-refractivity contribution is -0.127. The van der Waals surface area contributed by atoms with Crippen LogP contribution in [-0.4, -0.2) is 54.0 Å². The molecule has 4 heteroatoms. The van der Waals surface area contributed by atoms with Crippen molar-refractivity contribution in [2.45, 2.75) is 64.1 Å². The summed E-state index contributed by atoms with van der Waals surface area (Å²) in [5, 5.41) is 3.21. The van der Waals surface area contributed by atoms with E-state index in [2.05, 4.69) is 46.3 Å². The lowest BCUT2D eigenvalue weighted by atomic mass is 9.93. The minimum Gasteiger partial charge on any atom is -0.353 e. The van der Waals surface area contributed by atoms with Gasteiger partial charge >= 0.3 is 0 Å². The van der Waals surface area contributed by atoms with Gasteiger partial charge in [-0.15, -0.1) is 0 Å². The molecular formula is C22H33N3O. The van der Waals surface area contributed by atoms with Gasteiger partial charge in [0.25, 0.3) is 0 Å². The summed E-state index contributed by atoms with van der Waals surface area (Å²) in [6.45, 7) is 7.74. The van der Waals surface area contributed by atoms with Gasteiger partial charge in [0.1, 0.15) is 0 Å². The third-order valence-corrected chi connectivity index (χ3v) is 6.31. The molecule has 142 valence electrons. The average Bonchev–Trinajstić information content (AvgIpc) is 3.46. The molecule has 26 heavy (non-hydrogen) atoms. The second-order valence-corrected chi connectivity index (χ2v) is 8.61. The van der Waals surface area contributed by atoms with E-state index in [0.29, 0.717) is 18.0 Å². The van der Waals surface area contributed by atoms with E-state index in [1.54, 1.807) is 0 Å². The molecule has 4 nitrogen and oxygen atoms in total. The van der Waals surface area contributed by atoms with Crippen LogP contribution in [0.4, 0.5) is 0 Å². The van der Waals surface area contributed by atoms with Crippen molar-refractivity contribution in [1.29, 1.82) is 0 Å². The van der Waals surface area contributed by atoms with Crippen LogP contribution in [0.15, 0.2) is 24.3 Å². The smallest absolute Gasteiger partial charge is 0.224 e. The minimum atomic E-state index is 0.217. The molecule has 0 unspecified atom stereocenters.